The van der Waals surface area contributed by atoms with Crippen LogP contribution < -0.4 is 5.32 Å². The highest BCUT2D eigenvalue weighted by molar-refractivity contribution is 5.33. The molecule has 2 aromatic rings. The van der Waals surface area contributed by atoms with Gasteiger partial charge in [0.2, 0.25) is 5.78 Å². The minimum absolute atomic E-state index is 0.604. The van der Waals surface area contributed by atoms with Gasteiger partial charge in [0.25, 0.3) is 0 Å². The number of rotatable bonds is 1. The van der Waals surface area contributed by atoms with Crippen molar-refractivity contribution in [2.24, 2.45) is 0 Å². The molecule has 0 saturated carbocycles. The number of hydrogen-bond donors (Lipinski definition) is 1. The summed E-state index contributed by atoms with van der Waals surface area (Å²) in [6.45, 7) is 4.28. The lowest BCUT2D eigenvalue weighted by Crippen LogP contribution is -2.28. The minimum atomic E-state index is 0.604. The van der Waals surface area contributed by atoms with Crippen molar-refractivity contribution < 1.29 is 0 Å². The van der Waals surface area contributed by atoms with Crippen molar-refractivity contribution in [3.8, 4) is 0 Å². The summed E-state index contributed by atoms with van der Waals surface area (Å²) in [5.41, 5.74) is 2.47. The Kier molecular flexibility index (Phi) is 2.36. The molecule has 0 radical (unpaired) electrons. The number of nitrogens with zero attached hydrogens (tertiary/aromatic N) is 3. The third-order valence-corrected chi connectivity index (χ3v) is 3.34. The van der Waals surface area contributed by atoms with Crippen LogP contribution in [0.5, 0.6) is 0 Å². The van der Waals surface area contributed by atoms with E-state index in [-0.39, 0.29) is 0 Å². The van der Waals surface area contributed by atoms with Gasteiger partial charge in [0.05, 0.1) is 6.20 Å². The van der Waals surface area contributed by atoms with Crippen molar-refractivity contribution in [2.75, 3.05) is 13.1 Å². The van der Waals surface area contributed by atoms with E-state index in [0.29, 0.717) is 5.92 Å². The summed E-state index contributed by atoms with van der Waals surface area (Å²) in [7, 11) is 0. The van der Waals surface area contributed by atoms with E-state index in [4.69, 9.17) is 0 Å². The smallest absolute Gasteiger partial charge is 0.233 e. The van der Waals surface area contributed by atoms with E-state index >= 15 is 0 Å². The Morgan fingerprint density at radius 3 is 3.06 bits per heavy atom. The first kappa shape index (κ1) is 9.78. The van der Waals surface area contributed by atoms with Crippen molar-refractivity contribution in [3.05, 3.63) is 29.8 Å². The van der Waals surface area contributed by atoms with E-state index in [0.717, 1.165) is 24.6 Å². The molecule has 0 aliphatic carbocycles. The molecule has 1 fully saturated rings. The molecule has 1 unspecified atom stereocenters. The summed E-state index contributed by atoms with van der Waals surface area (Å²) in [5, 5.41) is 3.44. The van der Waals surface area contributed by atoms with Gasteiger partial charge >= 0.3 is 0 Å². The molecule has 3 rings (SSSR count). The second kappa shape index (κ2) is 3.87. The second-order valence-electron chi connectivity index (χ2n) is 4.50. The maximum atomic E-state index is 4.40. The summed E-state index contributed by atoms with van der Waals surface area (Å²) in [4.78, 5) is 8.64. The SMILES string of the molecule is Cc1cnc2ncc(C3CCCNC3)cn12. The first-order valence-electron chi connectivity index (χ1n) is 5.85. The Labute approximate surface area is 94.7 Å². The van der Waals surface area contributed by atoms with Crippen LogP contribution in [0.15, 0.2) is 18.6 Å². The monoisotopic (exact) mass is 216 g/mol. The lowest BCUT2D eigenvalue weighted by Gasteiger charge is -2.22. The average Bonchev–Trinajstić information content (AvgIpc) is 2.72. The highest BCUT2D eigenvalue weighted by Crippen LogP contribution is 2.22. The highest BCUT2D eigenvalue weighted by Gasteiger charge is 2.16. The maximum Gasteiger partial charge on any atom is 0.233 e. The first-order valence-corrected chi connectivity index (χ1v) is 5.85. The molecule has 0 aromatic carbocycles. The van der Waals surface area contributed by atoms with Crippen LogP contribution in [0.25, 0.3) is 5.78 Å². The first-order chi connectivity index (χ1) is 7.84. The van der Waals surface area contributed by atoms with E-state index in [9.17, 15) is 0 Å². The summed E-state index contributed by atoms with van der Waals surface area (Å²) in [6.07, 6.45) is 8.53. The Morgan fingerprint density at radius 1 is 1.38 bits per heavy atom. The van der Waals surface area contributed by atoms with Crippen LogP contribution in [0.3, 0.4) is 0 Å². The number of piperidine rings is 1. The number of aryl methyl sites for hydroxylation is 1. The Morgan fingerprint density at radius 2 is 2.25 bits per heavy atom. The fourth-order valence-electron chi connectivity index (χ4n) is 2.35. The van der Waals surface area contributed by atoms with Crippen LogP contribution >= 0.6 is 0 Å². The maximum absolute atomic E-state index is 4.40. The lowest BCUT2D eigenvalue weighted by atomic mass is 9.94. The van der Waals surface area contributed by atoms with Gasteiger partial charge < -0.3 is 5.32 Å². The van der Waals surface area contributed by atoms with E-state index in [2.05, 4.69) is 32.8 Å². The van der Waals surface area contributed by atoms with Crippen LogP contribution in [-0.2, 0) is 0 Å². The zero-order chi connectivity index (χ0) is 11.0. The molecule has 3 heterocycles. The normalized spacial score (nSPS) is 21.4. The van der Waals surface area contributed by atoms with E-state index < -0.39 is 0 Å². The van der Waals surface area contributed by atoms with Gasteiger partial charge in [-0.15, -0.1) is 0 Å². The quantitative estimate of drug-likeness (QED) is 0.785. The van der Waals surface area contributed by atoms with Gasteiger partial charge in [-0.3, -0.25) is 4.40 Å². The van der Waals surface area contributed by atoms with Crippen LogP contribution in [0.1, 0.15) is 30.0 Å². The van der Waals surface area contributed by atoms with Crippen molar-refractivity contribution in [1.29, 1.82) is 0 Å². The predicted octanol–water partition coefficient (Wildman–Crippen LogP) is 1.50. The van der Waals surface area contributed by atoms with Gasteiger partial charge in [-0.05, 0) is 37.8 Å². The van der Waals surface area contributed by atoms with Crippen LogP contribution in [-0.4, -0.2) is 27.5 Å². The number of fused-ring (bicyclic) bond motifs is 1. The number of imidazole rings is 1. The van der Waals surface area contributed by atoms with Gasteiger partial charge in [0.1, 0.15) is 0 Å². The highest BCUT2D eigenvalue weighted by atomic mass is 15.1. The molecule has 1 aliphatic rings. The molecular formula is C12H16N4. The van der Waals surface area contributed by atoms with Crippen molar-refractivity contribution in [2.45, 2.75) is 25.7 Å². The van der Waals surface area contributed by atoms with Crippen molar-refractivity contribution in [1.82, 2.24) is 19.7 Å². The summed E-state index contributed by atoms with van der Waals surface area (Å²) in [5.74, 6) is 1.40. The zero-order valence-electron chi connectivity index (χ0n) is 9.48. The third kappa shape index (κ3) is 1.59. The summed E-state index contributed by atoms with van der Waals surface area (Å²) < 4.78 is 2.07. The molecule has 1 aliphatic heterocycles. The number of aromatic nitrogens is 3. The molecule has 2 aromatic heterocycles. The topological polar surface area (TPSA) is 42.2 Å². The molecule has 1 saturated heterocycles. The van der Waals surface area contributed by atoms with Gasteiger partial charge in [0, 0.05) is 24.6 Å². The molecule has 16 heavy (non-hydrogen) atoms. The fourth-order valence-corrected chi connectivity index (χ4v) is 2.35. The predicted molar refractivity (Wildman–Crippen MR) is 62.6 cm³/mol. The van der Waals surface area contributed by atoms with E-state index in [1.165, 1.54) is 18.4 Å². The Hall–Kier alpha value is -1.42. The van der Waals surface area contributed by atoms with Crippen LogP contribution in [0.4, 0.5) is 0 Å². The van der Waals surface area contributed by atoms with Crippen molar-refractivity contribution in [3.63, 3.8) is 0 Å². The molecule has 1 atom stereocenters. The lowest BCUT2D eigenvalue weighted by molar-refractivity contribution is 0.459. The summed E-state index contributed by atoms with van der Waals surface area (Å²) >= 11 is 0. The molecule has 4 nitrogen and oxygen atoms in total. The third-order valence-electron chi connectivity index (χ3n) is 3.34. The molecule has 84 valence electrons. The zero-order valence-corrected chi connectivity index (χ0v) is 9.48. The second-order valence-corrected chi connectivity index (χ2v) is 4.50. The Bertz CT molecular complexity index is 497. The van der Waals surface area contributed by atoms with Gasteiger partial charge in [-0.2, -0.15) is 0 Å². The number of hydrogen-bond acceptors (Lipinski definition) is 3. The molecule has 0 bridgehead atoms. The number of nitrogens with one attached hydrogen (secondary N) is 1. The molecule has 1 N–H and O–H groups in total. The summed E-state index contributed by atoms with van der Waals surface area (Å²) in [6, 6.07) is 0. The van der Waals surface area contributed by atoms with Crippen LogP contribution in [0.2, 0.25) is 0 Å². The molecular weight excluding hydrogens is 200 g/mol. The standard InChI is InChI=1S/C12H16N4/c1-9-5-14-12-15-7-11(8-16(9)12)10-3-2-4-13-6-10/h5,7-8,10,13H,2-4,6H2,1H3. The largest absolute Gasteiger partial charge is 0.316 e. The minimum Gasteiger partial charge on any atom is -0.316 e. The van der Waals surface area contributed by atoms with E-state index in [1.807, 2.05) is 12.4 Å². The van der Waals surface area contributed by atoms with Gasteiger partial charge in [0.15, 0.2) is 0 Å². The molecule has 0 spiro atoms. The van der Waals surface area contributed by atoms with Gasteiger partial charge in [-0.25, -0.2) is 9.97 Å². The van der Waals surface area contributed by atoms with Crippen molar-refractivity contribution >= 4 is 5.78 Å². The Balaban J connectivity index is 1.99. The molecule has 4 heteroatoms. The average molecular weight is 216 g/mol. The van der Waals surface area contributed by atoms with E-state index in [1.54, 1.807) is 0 Å². The fraction of sp³-hybridized carbons (Fsp3) is 0.500. The van der Waals surface area contributed by atoms with Crippen LogP contribution in [0, 0.1) is 6.92 Å². The van der Waals surface area contributed by atoms with Gasteiger partial charge in [-0.1, -0.05) is 0 Å². The molecule has 0 amide bonds.